The maximum Gasteiger partial charge on any atom is 0.433 e. The van der Waals surface area contributed by atoms with Crippen LogP contribution in [0.2, 0.25) is 0 Å². The summed E-state index contributed by atoms with van der Waals surface area (Å²) < 4.78 is 46.8. The number of fused-ring (bicyclic) bond motifs is 1. The number of nitrogens with one attached hydrogen (secondary N) is 2. The van der Waals surface area contributed by atoms with Gasteiger partial charge in [-0.05, 0) is 12.5 Å². The van der Waals surface area contributed by atoms with Crippen LogP contribution in [-0.4, -0.2) is 37.6 Å². The Morgan fingerprint density at radius 2 is 1.88 bits per heavy atom. The van der Waals surface area contributed by atoms with E-state index >= 15 is 0 Å². The molecule has 0 saturated carbocycles. The van der Waals surface area contributed by atoms with Crippen LogP contribution in [0.25, 0.3) is 16.8 Å². The first-order chi connectivity index (χ1) is 15.2. The average Bonchev–Trinajstić information content (AvgIpc) is 3.14. The van der Waals surface area contributed by atoms with Crippen LogP contribution in [0.1, 0.15) is 21.7 Å². The minimum Gasteiger partial charge on any atom is -0.481 e. The molecule has 3 heterocycles. The Balaban J connectivity index is 1.88. The summed E-state index contributed by atoms with van der Waals surface area (Å²) in [5.74, 6) is -0.901. The van der Waals surface area contributed by atoms with Gasteiger partial charge in [-0.3, -0.25) is 20.0 Å². The van der Waals surface area contributed by atoms with Gasteiger partial charge in [-0.1, -0.05) is 30.3 Å². The maximum absolute atomic E-state index is 13.7. The molecule has 4 aromatic rings. The third-order valence-corrected chi connectivity index (χ3v) is 4.60. The molecule has 164 valence electrons. The summed E-state index contributed by atoms with van der Waals surface area (Å²) >= 11 is 0. The van der Waals surface area contributed by atoms with Crippen molar-refractivity contribution in [3.63, 3.8) is 0 Å². The van der Waals surface area contributed by atoms with E-state index in [-0.39, 0.29) is 34.3 Å². The number of benzene rings is 1. The molecule has 3 aromatic heterocycles. The standard InChI is InChI=1S/C20H15F3N6O3/c1-10-13(17(30)27-19-24-9-8-12(26-19)32-2)18(31)29-16(25-10)14(11-6-4-3-5-7-11)15(28-29)20(21,22)23/h3-9,28H,1-2H3,(H,24,26,27,30). The van der Waals surface area contributed by atoms with Crippen molar-refractivity contribution in [3.8, 4) is 17.0 Å². The fourth-order valence-corrected chi connectivity index (χ4v) is 3.20. The number of nitrogens with zero attached hydrogens (tertiary/aromatic N) is 4. The molecule has 0 aliphatic carbocycles. The van der Waals surface area contributed by atoms with Crippen molar-refractivity contribution in [2.24, 2.45) is 0 Å². The van der Waals surface area contributed by atoms with Gasteiger partial charge in [-0.15, -0.1) is 0 Å². The first kappa shape index (κ1) is 21.0. The molecule has 0 saturated heterocycles. The predicted molar refractivity (Wildman–Crippen MR) is 108 cm³/mol. The lowest BCUT2D eigenvalue weighted by Gasteiger charge is -2.08. The van der Waals surface area contributed by atoms with Gasteiger partial charge >= 0.3 is 6.18 Å². The van der Waals surface area contributed by atoms with E-state index in [1.54, 1.807) is 18.2 Å². The predicted octanol–water partition coefficient (Wildman–Crippen LogP) is 3.07. The van der Waals surface area contributed by atoms with Gasteiger partial charge in [0.25, 0.3) is 11.5 Å². The molecule has 1 amide bonds. The number of hydrogen-bond acceptors (Lipinski definition) is 6. The summed E-state index contributed by atoms with van der Waals surface area (Å²) in [6.07, 6.45) is -3.47. The zero-order chi connectivity index (χ0) is 23.0. The van der Waals surface area contributed by atoms with Crippen molar-refractivity contribution in [1.29, 1.82) is 0 Å². The van der Waals surface area contributed by atoms with E-state index in [0.29, 0.717) is 4.52 Å². The molecule has 0 radical (unpaired) electrons. The van der Waals surface area contributed by atoms with Crippen molar-refractivity contribution in [2.75, 3.05) is 12.4 Å². The quantitative estimate of drug-likeness (QED) is 0.500. The zero-order valence-corrected chi connectivity index (χ0v) is 16.7. The van der Waals surface area contributed by atoms with E-state index in [4.69, 9.17) is 4.74 Å². The molecule has 0 bridgehead atoms. The number of methoxy groups -OCH3 is 1. The van der Waals surface area contributed by atoms with Crippen LogP contribution in [-0.2, 0) is 6.18 Å². The van der Waals surface area contributed by atoms with Gasteiger partial charge in [0.2, 0.25) is 11.8 Å². The van der Waals surface area contributed by atoms with Gasteiger partial charge in [0, 0.05) is 12.3 Å². The number of carbonyl (C=O) groups is 1. The maximum atomic E-state index is 13.7. The van der Waals surface area contributed by atoms with Gasteiger partial charge in [0.1, 0.15) is 11.3 Å². The van der Waals surface area contributed by atoms with E-state index < -0.39 is 28.9 Å². The second-order valence-corrected chi connectivity index (χ2v) is 6.64. The van der Waals surface area contributed by atoms with Crippen LogP contribution in [0.15, 0.2) is 47.4 Å². The van der Waals surface area contributed by atoms with E-state index in [0.717, 1.165) is 0 Å². The van der Waals surface area contributed by atoms with Gasteiger partial charge < -0.3 is 4.74 Å². The molecule has 32 heavy (non-hydrogen) atoms. The lowest BCUT2D eigenvalue weighted by Crippen LogP contribution is -2.29. The van der Waals surface area contributed by atoms with Gasteiger partial charge in [-0.25, -0.2) is 9.97 Å². The highest BCUT2D eigenvalue weighted by atomic mass is 19.4. The summed E-state index contributed by atoms with van der Waals surface area (Å²) in [5.41, 5.74) is -2.99. The van der Waals surface area contributed by atoms with Crippen LogP contribution in [0, 0.1) is 6.92 Å². The van der Waals surface area contributed by atoms with Crippen LogP contribution >= 0.6 is 0 Å². The molecular weight excluding hydrogens is 429 g/mol. The largest absolute Gasteiger partial charge is 0.481 e. The van der Waals surface area contributed by atoms with Crippen LogP contribution in [0.3, 0.4) is 0 Å². The lowest BCUT2D eigenvalue weighted by molar-refractivity contribution is -0.140. The molecule has 0 fully saturated rings. The number of aryl methyl sites for hydroxylation is 1. The Morgan fingerprint density at radius 1 is 1.16 bits per heavy atom. The highest BCUT2D eigenvalue weighted by molar-refractivity contribution is 6.04. The number of aromatic amines is 1. The number of aromatic nitrogens is 5. The van der Waals surface area contributed by atoms with Crippen molar-refractivity contribution in [2.45, 2.75) is 13.1 Å². The highest BCUT2D eigenvalue weighted by Crippen LogP contribution is 2.38. The van der Waals surface area contributed by atoms with E-state index in [2.05, 4.69) is 25.4 Å². The Hall–Kier alpha value is -4.22. The molecule has 2 N–H and O–H groups in total. The van der Waals surface area contributed by atoms with Gasteiger partial charge in [-0.2, -0.15) is 22.7 Å². The minimum atomic E-state index is -4.80. The van der Waals surface area contributed by atoms with E-state index in [9.17, 15) is 22.8 Å². The fraction of sp³-hybridized carbons (Fsp3) is 0.150. The third kappa shape index (κ3) is 3.66. The Labute approximate surface area is 177 Å². The van der Waals surface area contributed by atoms with Crippen LogP contribution in [0.5, 0.6) is 5.88 Å². The molecule has 9 nitrogen and oxygen atoms in total. The van der Waals surface area contributed by atoms with Crippen molar-refractivity contribution >= 4 is 17.5 Å². The second kappa shape index (κ2) is 7.80. The van der Waals surface area contributed by atoms with Gasteiger partial charge in [0.15, 0.2) is 5.65 Å². The van der Waals surface area contributed by atoms with Crippen LogP contribution < -0.4 is 15.6 Å². The fourth-order valence-electron chi connectivity index (χ4n) is 3.20. The van der Waals surface area contributed by atoms with Gasteiger partial charge in [0.05, 0.1) is 18.4 Å². The molecule has 0 spiro atoms. The highest BCUT2D eigenvalue weighted by Gasteiger charge is 2.38. The number of hydrogen-bond donors (Lipinski definition) is 2. The van der Waals surface area contributed by atoms with E-state index in [1.165, 1.54) is 38.4 Å². The van der Waals surface area contributed by atoms with Crippen molar-refractivity contribution < 1.29 is 22.7 Å². The summed E-state index contributed by atoms with van der Waals surface area (Å²) in [5, 5.41) is 4.39. The van der Waals surface area contributed by atoms with Crippen molar-refractivity contribution in [3.05, 3.63) is 69.9 Å². The number of halogens is 3. The number of ether oxygens (including phenoxy) is 1. The summed E-state index contributed by atoms with van der Waals surface area (Å²) in [4.78, 5) is 37.7. The number of carbonyl (C=O) groups excluding carboxylic acids is 1. The molecular formula is C20H15F3N6O3. The molecule has 12 heteroatoms. The number of H-pyrrole nitrogens is 1. The molecule has 0 unspecified atom stereocenters. The Kier molecular flexibility index (Phi) is 5.12. The molecule has 4 rings (SSSR count). The molecule has 0 aliphatic rings. The first-order valence-corrected chi connectivity index (χ1v) is 9.17. The molecule has 0 atom stereocenters. The average molecular weight is 444 g/mol. The summed E-state index contributed by atoms with van der Waals surface area (Å²) in [7, 11) is 1.37. The lowest BCUT2D eigenvalue weighted by atomic mass is 10.1. The first-order valence-electron chi connectivity index (χ1n) is 9.17. The van der Waals surface area contributed by atoms with Crippen LogP contribution in [0.4, 0.5) is 19.1 Å². The third-order valence-electron chi connectivity index (χ3n) is 4.60. The normalized spacial score (nSPS) is 11.5. The molecule has 1 aromatic carbocycles. The number of alkyl halides is 3. The smallest absolute Gasteiger partial charge is 0.433 e. The summed E-state index contributed by atoms with van der Waals surface area (Å²) in [6.45, 7) is 1.36. The number of anilines is 1. The minimum absolute atomic E-state index is 0.0553. The second-order valence-electron chi connectivity index (χ2n) is 6.64. The zero-order valence-electron chi connectivity index (χ0n) is 16.7. The Morgan fingerprint density at radius 3 is 2.53 bits per heavy atom. The van der Waals surface area contributed by atoms with E-state index in [1.807, 2.05) is 0 Å². The number of rotatable bonds is 4. The SMILES string of the molecule is COc1ccnc(NC(=O)c2c(C)nc3c(-c4ccccc4)c(C(F)(F)F)[nH]n3c2=O)n1. The topological polar surface area (TPSA) is 114 Å². The Bertz CT molecular complexity index is 1380. The monoisotopic (exact) mass is 444 g/mol. The summed E-state index contributed by atoms with van der Waals surface area (Å²) in [6, 6.07) is 9.19. The van der Waals surface area contributed by atoms with Crippen molar-refractivity contribution in [1.82, 2.24) is 24.6 Å². The number of amides is 1. The molecule has 0 aliphatic heterocycles.